The van der Waals surface area contributed by atoms with Crippen molar-refractivity contribution in [1.82, 2.24) is 9.80 Å². The largest absolute Gasteiger partial charge is 0.444 e. The Morgan fingerprint density at radius 2 is 1.70 bits per heavy atom. The number of nitrogens with zero attached hydrogens (tertiary/aromatic N) is 2. The summed E-state index contributed by atoms with van der Waals surface area (Å²) in [6.45, 7) is 11.5. The minimum atomic E-state index is -0.574. The molecule has 6 heteroatoms. The first kappa shape index (κ1) is 21.8. The van der Waals surface area contributed by atoms with Gasteiger partial charge in [-0.2, -0.15) is 0 Å². The monoisotopic (exact) mass is 409 g/mol. The Balaban J connectivity index is 1.56. The second-order valence-electron chi connectivity index (χ2n) is 8.70. The van der Waals surface area contributed by atoms with Crippen LogP contribution in [0.1, 0.15) is 42.3 Å². The van der Waals surface area contributed by atoms with E-state index in [0.717, 1.165) is 19.6 Å². The maximum absolute atomic E-state index is 12.9. The average molecular weight is 410 g/mol. The molecular weight excluding hydrogens is 378 g/mol. The number of amides is 2. The molecule has 2 aromatic carbocycles. The molecule has 0 saturated carbocycles. The van der Waals surface area contributed by atoms with Gasteiger partial charge < -0.3 is 9.64 Å². The van der Waals surface area contributed by atoms with Gasteiger partial charge in [-0.3, -0.25) is 15.0 Å². The van der Waals surface area contributed by atoms with E-state index in [1.807, 2.05) is 25.7 Å². The molecule has 0 aliphatic carbocycles. The summed E-state index contributed by atoms with van der Waals surface area (Å²) in [5.74, 6) is -0.0154. The molecular formula is C24H31N3O3. The number of carbonyl (C=O) groups excluding carboxylic acids is 2. The standard InChI is InChI=1S/C24H31N3O3/c1-18-8-5-6-9-20(18)17-26-12-14-27(15-13-26)22(28)19-10-7-11-21(16-19)25-23(29)30-24(2,3)4/h5-11,16H,12-15,17H2,1-4H3,(H,25,29). The average Bonchev–Trinajstić information content (AvgIpc) is 2.68. The molecule has 1 aliphatic rings. The third-order valence-electron chi connectivity index (χ3n) is 5.07. The van der Waals surface area contributed by atoms with Crippen LogP contribution in [0.25, 0.3) is 0 Å². The number of nitrogens with one attached hydrogen (secondary N) is 1. The Morgan fingerprint density at radius 1 is 1.00 bits per heavy atom. The summed E-state index contributed by atoms with van der Waals surface area (Å²) >= 11 is 0. The van der Waals surface area contributed by atoms with E-state index in [9.17, 15) is 9.59 Å². The molecule has 2 aromatic rings. The molecule has 0 aromatic heterocycles. The fourth-order valence-corrected chi connectivity index (χ4v) is 3.47. The lowest BCUT2D eigenvalue weighted by Crippen LogP contribution is -2.48. The molecule has 1 fully saturated rings. The van der Waals surface area contributed by atoms with Gasteiger partial charge in [-0.1, -0.05) is 30.3 Å². The number of hydrogen-bond acceptors (Lipinski definition) is 4. The van der Waals surface area contributed by atoms with Crippen molar-refractivity contribution in [1.29, 1.82) is 0 Å². The topological polar surface area (TPSA) is 61.9 Å². The first-order valence-corrected chi connectivity index (χ1v) is 10.4. The highest BCUT2D eigenvalue weighted by Crippen LogP contribution is 2.17. The minimum absolute atomic E-state index is 0.0154. The number of piperazine rings is 1. The SMILES string of the molecule is Cc1ccccc1CN1CCN(C(=O)c2cccc(NC(=O)OC(C)(C)C)c2)CC1. The van der Waals surface area contributed by atoms with Crippen LogP contribution in [0.5, 0.6) is 0 Å². The lowest BCUT2D eigenvalue weighted by molar-refractivity contribution is 0.0619. The highest BCUT2D eigenvalue weighted by Gasteiger charge is 2.23. The lowest BCUT2D eigenvalue weighted by atomic mass is 10.1. The third-order valence-corrected chi connectivity index (χ3v) is 5.07. The van der Waals surface area contributed by atoms with Gasteiger partial charge in [0.2, 0.25) is 0 Å². The van der Waals surface area contributed by atoms with Crippen molar-refractivity contribution in [2.75, 3.05) is 31.5 Å². The Labute approximate surface area is 178 Å². The summed E-state index contributed by atoms with van der Waals surface area (Å²) in [7, 11) is 0. The molecule has 160 valence electrons. The van der Waals surface area contributed by atoms with E-state index in [4.69, 9.17) is 4.74 Å². The van der Waals surface area contributed by atoms with Gasteiger partial charge in [0, 0.05) is 44.0 Å². The van der Waals surface area contributed by atoms with Crippen LogP contribution < -0.4 is 5.32 Å². The lowest BCUT2D eigenvalue weighted by Gasteiger charge is -2.35. The van der Waals surface area contributed by atoms with E-state index in [1.165, 1.54) is 11.1 Å². The van der Waals surface area contributed by atoms with Crippen LogP contribution in [0.15, 0.2) is 48.5 Å². The second-order valence-corrected chi connectivity index (χ2v) is 8.70. The van der Waals surface area contributed by atoms with E-state index in [1.54, 1.807) is 24.3 Å². The molecule has 3 rings (SSSR count). The molecule has 1 heterocycles. The zero-order valence-corrected chi connectivity index (χ0v) is 18.3. The van der Waals surface area contributed by atoms with E-state index < -0.39 is 11.7 Å². The Morgan fingerprint density at radius 3 is 2.37 bits per heavy atom. The van der Waals surface area contributed by atoms with Gasteiger partial charge >= 0.3 is 6.09 Å². The molecule has 0 unspecified atom stereocenters. The number of rotatable bonds is 4. The highest BCUT2D eigenvalue weighted by molar-refractivity contribution is 5.96. The first-order chi connectivity index (χ1) is 14.2. The third kappa shape index (κ3) is 6.07. The molecule has 6 nitrogen and oxygen atoms in total. The Hall–Kier alpha value is -2.86. The van der Waals surface area contributed by atoms with E-state index in [0.29, 0.717) is 24.3 Å². The fraction of sp³-hybridized carbons (Fsp3) is 0.417. The summed E-state index contributed by atoms with van der Waals surface area (Å²) in [5.41, 5.74) is 3.17. The van der Waals surface area contributed by atoms with Gasteiger partial charge in [-0.05, 0) is 57.0 Å². The van der Waals surface area contributed by atoms with Crippen molar-refractivity contribution in [3.8, 4) is 0 Å². The molecule has 1 N–H and O–H groups in total. The first-order valence-electron chi connectivity index (χ1n) is 10.4. The second kappa shape index (κ2) is 9.30. The summed E-state index contributed by atoms with van der Waals surface area (Å²) in [6, 6.07) is 15.4. The quantitative estimate of drug-likeness (QED) is 0.818. The van der Waals surface area contributed by atoms with E-state index >= 15 is 0 Å². The Kier molecular flexibility index (Phi) is 6.77. The van der Waals surface area contributed by atoms with Crippen LogP contribution in [0.3, 0.4) is 0 Å². The number of anilines is 1. The molecule has 0 bridgehead atoms. The normalized spacial score (nSPS) is 15.0. The number of benzene rings is 2. The maximum Gasteiger partial charge on any atom is 0.412 e. The number of aryl methyl sites for hydroxylation is 1. The predicted octanol–water partition coefficient (Wildman–Crippen LogP) is 4.30. The van der Waals surface area contributed by atoms with Gasteiger partial charge in [-0.25, -0.2) is 4.79 Å². The van der Waals surface area contributed by atoms with Crippen molar-refractivity contribution >= 4 is 17.7 Å². The van der Waals surface area contributed by atoms with Gasteiger partial charge in [0.15, 0.2) is 0 Å². The summed E-state index contributed by atoms with van der Waals surface area (Å²) in [5, 5.41) is 2.70. The van der Waals surface area contributed by atoms with Gasteiger partial charge in [-0.15, -0.1) is 0 Å². The molecule has 0 atom stereocenters. The van der Waals surface area contributed by atoms with Gasteiger partial charge in [0.1, 0.15) is 5.60 Å². The minimum Gasteiger partial charge on any atom is -0.444 e. The molecule has 0 radical (unpaired) electrons. The van der Waals surface area contributed by atoms with Crippen LogP contribution in [0.2, 0.25) is 0 Å². The van der Waals surface area contributed by atoms with Crippen LogP contribution in [-0.2, 0) is 11.3 Å². The number of ether oxygens (including phenoxy) is 1. The van der Waals surface area contributed by atoms with E-state index in [-0.39, 0.29) is 5.91 Å². The molecule has 1 saturated heterocycles. The molecule has 1 aliphatic heterocycles. The van der Waals surface area contributed by atoms with Crippen LogP contribution in [0.4, 0.5) is 10.5 Å². The molecule has 2 amide bonds. The zero-order valence-electron chi connectivity index (χ0n) is 18.3. The predicted molar refractivity (Wildman–Crippen MR) is 119 cm³/mol. The van der Waals surface area contributed by atoms with Crippen LogP contribution >= 0.6 is 0 Å². The Bertz CT molecular complexity index is 897. The number of hydrogen-bond donors (Lipinski definition) is 1. The van der Waals surface area contributed by atoms with Crippen molar-refractivity contribution in [3.63, 3.8) is 0 Å². The van der Waals surface area contributed by atoms with Crippen molar-refractivity contribution in [2.24, 2.45) is 0 Å². The maximum atomic E-state index is 12.9. The summed E-state index contributed by atoms with van der Waals surface area (Å²) in [4.78, 5) is 29.2. The van der Waals surface area contributed by atoms with Crippen LogP contribution in [0, 0.1) is 6.92 Å². The molecule has 0 spiro atoms. The van der Waals surface area contributed by atoms with Crippen molar-refractivity contribution in [2.45, 2.75) is 39.8 Å². The van der Waals surface area contributed by atoms with E-state index in [2.05, 4.69) is 41.4 Å². The smallest absolute Gasteiger partial charge is 0.412 e. The summed E-state index contributed by atoms with van der Waals surface area (Å²) < 4.78 is 5.28. The van der Waals surface area contributed by atoms with Crippen LogP contribution in [-0.4, -0.2) is 53.6 Å². The van der Waals surface area contributed by atoms with Gasteiger partial charge in [0.25, 0.3) is 5.91 Å². The molecule has 30 heavy (non-hydrogen) atoms. The highest BCUT2D eigenvalue weighted by atomic mass is 16.6. The zero-order chi connectivity index (χ0) is 21.7. The van der Waals surface area contributed by atoms with Gasteiger partial charge in [0.05, 0.1) is 0 Å². The fourth-order valence-electron chi connectivity index (χ4n) is 3.47. The number of carbonyl (C=O) groups is 2. The van der Waals surface area contributed by atoms with Crippen molar-refractivity contribution < 1.29 is 14.3 Å². The summed E-state index contributed by atoms with van der Waals surface area (Å²) in [6.07, 6.45) is -0.531. The van der Waals surface area contributed by atoms with Crippen molar-refractivity contribution in [3.05, 3.63) is 65.2 Å².